The lowest BCUT2D eigenvalue weighted by Crippen LogP contribution is -2.42. The molecule has 1 saturated carbocycles. The number of benzene rings is 2. The van der Waals surface area contributed by atoms with Crippen molar-refractivity contribution in [3.63, 3.8) is 0 Å². The zero-order chi connectivity index (χ0) is 15.6. The maximum absolute atomic E-state index is 13.0. The van der Waals surface area contributed by atoms with Crippen molar-refractivity contribution in [2.45, 2.75) is 45.4 Å². The van der Waals surface area contributed by atoms with E-state index >= 15 is 0 Å². The van der Waals surface area contributed by atoms with E-state index in [4.69, 9.17) is 0 Å². The standard InChI is InChI=1S/C22H22O/c1-2-14-3-5-16-9-19-13-22(12-15-4-6-20(22)8-15)21(23)11-18(19)10-17(16)7-14/h3-5,7,9-10,20H,2,6,8,11-13H2,1H3. The van der Waals surface area contributed by atoms with Crippen molar-refractivity contribution >= 4 is 16.6 Å². The Hall–Kier alpha value is -1.89. The van der Waals surface area contributed by atoms with E-state index in [1.165, 1.54) is 33.9 Å². The largest absolute Gasteiger partial charge is 0.299 e. The highest BCUT2D eigenvalue weighted by Gasteiger charge is 2.53. The molecule has 1 heteroatoms. The highest BCUT2D eigenvalue weighted by atomic mass is 16.1. The molecule has 0 aromatic heterocycles. The van der Waals surface area contributed by atoms with E-state index in [9.17, 15) is 4.79 Å². The zero-order valence-corrected chi connectivity index (χ0v) is 13.7. The van der Waals surface area contributed by atoms with Gasteiger partial charge >= 0.3 is 0 Å². The molecular weight excluding hydrogens is 280 g/mol. The number of rotatable bonds is 1. The van der Waals surface area contributed by atoms with E-state index in [1.807, 2.05) is 0 Å². The Morgan fingerprint density at radius 3 is 2.70 bits per heavy atom. The molecule has 1 nitrogen and oxygen atoms in total. The lowest BCUT2D eigenvalue weighted by atomic mass is 9.63. The van der Waals surface area contributed by atoms with Crippen LogP contribution in [0.1, 0.15) is 42.9 Å². The van der Waals surface area contributed by atoms with Gasteiger partial charge in [0.2, 0.25) is 0 Å². The maximum atomic E-state index is 13.0. The molecule has 1 spiro atoms. The van der Waals surface area contributed by atoms with Gasteiger partial charge in [0.05, 0.1) is 0 Å². The molecule has 0 amide bonds. The van der Waals surface area contributed by atoms with E-state index in [0.29, 0.717) is 18.1 Å². The van der Waals surface area contributed by atoms with Crippen LogP contribution < -0.4 is 0 Å². The van der Waals surface area contributed by atoms with E-state index in [-0.39, 0.29) is 5.41 Å². The first-order chi connectivity index (χ1) is 11.2. The minimum Gasteiger partial charge on any atom is -0.299 e. The molecule has 2 bridgehead atoms. The van der Waals surface area contributed by atoms with Crippen molar-refractivity contribution in [1.29, 1.82) is 0 Å². The van der Waals surface area contributed by atoms with Crippen LogP contribution >= 0.6 is 0 Å². The summed E-state index contributed by atoms with van der Waals surface area (Å²) in [7, 11) is 0. The molecule has 2 aromatic carbocycles. The van der Waals surface area contributed by atoms with Gasteiger partial charge in [-0.05, 0) is 65.5 Å². The predicted octanol–water partition coefficient (Wildman–Crippen LogP) is 4.80. The van der Waals surface area contributed by atoms with Gasteiger partial charge in [-0.15, -0.1) is 0 Å². The van der Waals surface area contributed by atoms with Gasteiger partial charge in [-0.25, -0.2) is 0 Å². The molecule has 2 aromatic rings. The first-order valence-electron chi connectivity index (χ1n) is 8.93. The second-order valence-electron chi connectivity index (χ2n) is 7.76. The summed E-state index contributed by atoms with van der Waals surface area (Å²) in [5.74, 6) is 1.08. The molecule has 0 aliphatic heterocycles. The normalized spacial score (nSPS) is 28.5. The molecule has 3 aliphatic carbocycles. The summed E-state index contributed by atoms with van der Waals surface area (Å²) < 4.78 is 0. The fraction of sp³-hybridized carbons (Fsp3) is 0.409. The number of hydrogen-bond donors (Lipinski definition) is 0. The molecule has 2 atom stereocenters. The highest BCUT2D eigenvalue weighted by molar-refractivity contribution is 5.93. The molecule has 1 fully saturated rings. The van der Waals surface area contributed by atoms with Crippen molar-refractivity contribution in [3.8, 4) is 0 Å². The van der Waals surface area contributed by atoms with Crippen molar-refractivity contribution in [3.05, 3.63) is 58.7 Å². The molecule has 0 saturated heterocycles. The number of Topliss-reactive ketones (excluding diaryl/α,β-unsaturated/α-hetero) is 1. The number of carbonyl (C=O) groups is 1. The molecule has 2 unspecified atom stereocenters. The van der Waals surface area contributed by atoms with Crippen LogP contribution in [0.15, 0.2) is 42.0 Å². The molecule has 116 valence electrons. The van der Waals surface area contributed by atoms with Crippen LogP contribution in [0.4, 0.5) is 0 Å². The first kappa shape index (κ1) is 13.5. The number of fused-ring (bicyclic) bond motifs is 5. The van der Waals surface area contributed by atoms with E-state index < -0.39 is 0 Å². The second-order valence-corrected chi connectivity index (χ2v) is 7.76. The fourth-order valence-electron chi connectivity index (χ4n) is 5.22. The molecule has 0 N–H and O–H groups in total. The van der Waals surface area contributed by atoms with Crippen LogP contribution in [0.3, 0.4) is 0 Å². The van der Waals surface area contributed by atoms with Gasteiger partial charge in [0, 0.05) is 11.8 Å². The summed E-state index contributed by atoms with van der Waals surface area (Å²) in [4.78, 5) is 13.0. The fourth-order valence-corrected chi connectivity index (χ4v) is 5.22. The SMILES string of the molecule is CCc1ccc2cc3c(cc2c1)CC(=O)C1(CC2=CCC1C2)C3. The van der Waals surface area contributed by atoms with Gasteiger partial charge in [-0.1, -0.05) is 48.9 Å². The van der Waals surface area contributed by atoms with Crippen LogP contribution in [-0.2, 0) is 24.1 Å². The van der Waals surface area contributed by atoms with Gasteiger partial charge in [-0.3, -0.25) is 4.79 Å². The average Bonchev–Trinajstić information content (AvgIpc) is 3.15. The Morgan fingerprint density at radius 2 is 1.96 bits per heavy atom. The Morgan fingerprint density at radius 1 is 1.09 bits per heavy atom. The third-order valence-corrected chi connectivity index (χ3v) is 6.57. The topological polar surface area (TPSA) is 17.1 Å². The highest BCUT2D eigenvalue weighted by Crippen LogP contribution is 2.57. The van der Waals surface area contributed by atoms with Gasteiger partial charge in [-0.2, -0.15) is 0 Å². The number of ketones is 1. The van der Waals surface area contributed by atoms with Crippen molar-refractivity contribution < 1.29 is 4.79 Å². The molecule has 3 aliphatic rings. The summed E-state index contributed by atoms with van der Waals surface area (Å²) in [6.07, 6.45) is 8.39. The maximum Gasteiger partial charge on any atom is 0.144 e. The minimum absolute atomic E-state index is 0.0614. The van der Waals surface area contributed by atoms with Crippen LogP contribution in [-0.4, -0.2) is 5.78 Å². The molecular formula is C22H22O. The molecule has 5 rings (SSSR count). The second kappa shape index (κ2) is 4.56. The minimum atomic E-state index is -0.0614. The smallest absolute Gasteiger partial charge is 0.144 e. The lowest BCUT2D eigenvalue weighted by molar-refractivity contribution is -0.131. The predicted molar refractivity (Wildman–Crippen MR) is 93.6 cm³/mol. The van der Waals surface area contributed by atoms with E-state index in [1.54, 1.807) is 5.57 Å². The number of carbonyl (C=O) groups excluding carboxylic acids is 1. The third kappa shape index (κ3) is 1.83. The Bertz CT molecular complexity index is 873. The summed E-state index contributed by atoms with van der Waals surface area (Å²) in [5, 5.41) is 2.62. The quantitative estimate of drug-likeness (QED) is 0.692. The number of allylic oxidation sites excluding steroid dienone is 2. The van der Waals surface area contributed by atoms with Gasteiger partial charge < -0.3 is 0 Å². The summed E-state index contributed by atoms with van der Waals surface area (Å²) in [6, 6.07) is 11.4. The number of hydrogen-bond acceptors (Lipinski definition) is 1. The van der Waals surface area contributed by atoms with Gasteiger partial charge in [0.1, 0.15) is 5.78 Å². The van der Waals surface area contributed by atoms with Crippen molar-refractivity contribution in [2.24, 2.45) is 11.3 Å². The van der Waals surface area contributed by atoms with Crippen molar-refractivity contribution in [2.75, 3.05) is 0 Å². The molecule has 0 radical (unpaired) electrons. The van der Waals surface area contributed by atoms with Crippen LogP contribution in [0.2, 0.25) is 0 Å². The van der Waals surface area contributed by atoms with Gasteiger partial charge in [0.25, 0.3) is 0 Å². The third-order valence-electron chi connectivity index (χ3n) is 6.57. The van der Waals surface area contributed by atoms with Crippen LogP contribution in [0, 0.1) is 11.3 Å². The summed E-state index contributed by atoms with van der Waals surface area (Å²) >= 11 is 0. The Kier molecular flexibility index (Phi) is 2.69. The first-order valence-corrected chi connectivity index (χ1v) is 8.93. The average molecular weight is 302 g/mol. The van der Waals surface area contributed by atoms with Gasteiger partial charge in [0.15, 0.2) is 0 Å². The lowest BCUT2D eigenvalue weighted by Gasteiger charge is -2.39. The van der Waals surface area contributed by atoms with E-state index in [0.717, 1.165) is 25.7 Å². The summed E-state index contributed by atoms with van der Waals surface area (Å²) in [5.41, 5.74) is 5.55. The Balaban J connectivity index is 1.62. The molecule has 23 heavy (non-hydrogen) atoms. The monoisotopic (exact) mass is 302 g/mol. The van der Waals surface area contributed by atoms with E-state index in [2.05, 4.69) is 43.3 Å². The number of aryl methyl sites for hydroxylation is 1. The summed E-state index contributed by atoms with van der Waals surface area (Å²) in [6.45, 7) is 2.19. The van der Waals surface area contributed by atoms with Crippen molar-refractivity contribution in [1.82, 2.24) is 0 Å². The Labute approximate surface area is 137 Å². The van der Waals surface area contributed by atoms with Crippen LogP contribution in [0.5, 0.6) is 0 Å². The van der Waals surface area contributed by atoms with Crippen LogP contribution in [0.25, 0.3) is 10.8 Å². The molecule has 0 heterocycles. The zero-order valence-electron chi connectivity index (χ0n) is 13.7.